The minimum Gasteiger partial charge on any atom is -0.458 e. The molecule has 0 unspecified atom stereocenters. The van der Waals surface area contributed by atoms with E-state index in [4.69, 9.17) is 4.74 Å². The molecule has 9 nitrogen and oxygen atoms in total. The lowest BCUT2D eigenvalue weighted by Crippen LogP contribution is -2.19. The summed E-state index contributed by atoms with van der Waals surface area (Å²) in [5.74, 6) is -0.123. The summed E-state index contributed by atoms with van der Waals surface area (Å²) in [6.07, 6.45) is 1.65. The van der Waals surface area contributed by atoms with E-state index in [0.717, 1.165) is 16.7 Å². The van der Waals surface area contributed by atoms with E-state index in [9.17, 15) is 9.59 Å². The molecular weight excluding hydrogens is 372 g/mol. The van der Waals surface area contributed by atoms with Crippen molar-refractivity contribution in [2.75, 3.05) is 0 Å². The van der Waals surface area contributed by atoms with E-state index >= 15 is 0 Å². The maximum absolute atomic E-state index is 12.2. The van der Waals surface area contributed by atoms with Gasteiger partial charge in [0.25, 0.3) is 5.56 Å². The standard InChI is InChI=1S/C20H18N6O3/c1-13-5-7-15(8-6-13)19-22-24-26(23-19)11-18(28)29-12-16-10-17(27)25-9-3-4-14(2)20(25)21-16/h3-10H,11-12H2,1-2H3. The first-order valence-corrected chi connectivity index (χ1v) is 8.98. The number of nitrogens with zero attached hydrogens (tertiary/aromatic N) is 6. The highest BCUT2D eigenvalue weighted by Crippen LogP contribution is 2.14. The van der Waals surface area contributed by atoms with Crippen LogP contribution in [0.5, 0.6) is 0 Å². The van der Waals surface area contributed by atoms with Crippen molar-refractivity contribution in [3.63, 3.8) is 0 Å². The average Bonchev–Trinajstić information content (AvgIpc) is 3.16. The van der Waals surface area contributed by atoms with Crippen LogP contribution in [0.15, 0.2) is 53.5 Å². The first-order valence-electron chi connectivity index (χ1n) is 8.98. The zero-order valence-electron chi connectivity index (χ0n) is 15.9. The van der Waals surface area contributed by atoms with Crippen molar-refractivity contribution in [2.24, 2.45) is 0 Å². The number of carbonyl (C=O) groups is 1. The van der Waals surface area contributed by atoms with Crippen molar-refractivity contribution < 1.29 is 9.53 Å². The first-order chi connectivity index (χ1) is 14.0. The van der Waals surface area contributed by atoms with Crippen LogP contribution in [0.2, 0.25) is 0 Å². The van der Waals surface area contributed by atoms with Crippen LogP contribution in [0.1, 0.15) is 16.8 Å². The Morgan fingerprint density at radius 1 is 1.14 bits per heavy atom. The molecule has 1 aromatic carbocycles. The van der Waals surface area contributed by atoms with Gasteiger partial charge >= 0.3 is 5.97 Å². The van der Waals surface area contributed by atoms with E-state index < -0.39 is 5.97 Å². The molecule has 29 heavy (non-hydrogen) atoms. The van der Waals surface area contributed by atoms with Crippen molar-refractivity contribution in [1.29, 1.82) is 0 Å². The Hall–Kier alpha value is -3.88. The van der Waals surface area contributed by atoms with Crippen LogP contribution in [0, 0.1) is 13.8 Å². The molecule has 9 heteroatoms. The van der Waals surface area contributed by atoms with Gasteiger partial charge in [0.05, 0.1) is 5.69 Å². The highest BCUT2D eigenvalue weighted by Gasteiger charge is 2.12. The van der Waals surface area contributed by atoms with Crippen molar-refractivity contribution in [2.45, 2.75) is 27.0 Å². The number of carbonyl (C=O) groups excluding carboxylic acids is 1. The van der Waals surface area contributed by atoms with Gasteiger partial charge in [0.2, 0.25) is 5.82 Å². The predicted octanol–water partition coefficient (Wildman–Crippen LogP) is 1.71. The zero-order chi connectivity index (χ0) is 20.4. The molecule has 0 bridgehead atoms. The molecule has 0 N–H and O–H groups in total. The fourth-order valence-corrected chi connectivity index (χ4v) is 2.83. The van der Waals surface area contributed by atoms with Crippen molar-refractivity contribution >= 4 is 11.6 Å². The van der Waals surface area contributed by atoms with Crippen LogP contribution in [0.4, 0.5) is 0 Å². The highest BCUT2D eigenvalue weighted by molar-refractivity contribution is 5.69. The monoisotopic (exact) mass is 390 g/mol. The van der Waals surface area contributed by atoms with Crippen LogP contribution in [-0.2, 0) is 22.7 Å². The Morgan fingerprint density at radius 2 is 1.93 bits per heavy atom. The van der Waals surface area contributed by atoms with Gasteiger partial charge in [0.15, 0.2) is 6.54 Å². The minimum atomic E-state index is -0.551. The van der Waals surface area contributed by atoms with Gasteiger partial charge in [-0.2, -0.15) is 4.80 Å². The smallest absolute Gasteiger partial charge is 0.330 e. The Kier molecular flexibility index (Phi) is 4.86. The second kappa shape index (κ2) is 7.63. The predicted molar refractivity (Wildman–Crippen MR) is 104 cm³/mol. The second-order valence-corrected chi connectivity index (χ2v) is 6.64. The molecule has 4 aromatic rings. The summed E-state index contributed by atoms with van der Waals surface area (Å²) in [4.78, 5) is 29.9. The Bertz CT molecular complexity index is 1240. The van der Waals surface area contributed by atoms with E-state index in [0.29, 0.717) is 17.2 Å². The van der Waals surface area contributed by atoms with Gasteiger partial charge in [0.1, 0.15) is 12.3 Å². The van der Waals surface area contributed by atoms with Crippen LogP contribution in [0.25, 0.3) is 17.0 Å². The van der Waals surface area contributed by atoms with Crippen LogP contribution < -0.4 is 5.56 Å². The number of hydrogen-bond donors (Lipinski definition) is 0. The average molecular weight is 390 g/mol. The Labute approximate surface area is 165 Å². The molecule has 4 rings (SSSR count). The summed E-state index contributed by atoms with van der Waals surface area (Å²) in [6.45, 7) is 3.55. The van der Waals surface area contributed by atoms with Gasteiger partial charge in [-0.25, -0.2) is 9.78 Å². The number of aromatic nitrogens is 6. The maximum atomic E-state index is 12.2. The van der Waals surface area contributed by atoms with Gasteiger partial charge in [-0.3, -0.25) is 9.20 Å². The number of tetrazole rings is 1. The molecular formula is C20H18N6O3. The number of pyridine rings is 1. The van der Waals surface area contributed by atoms with Gasteiger partial charge in [-0.1, -0.05) is 35.9 Å². The normalized spacial score (nSPS) is 11.0. The SMILES string of the molecule is Cc1ccc(-c2nnn(CC(=O)OCc3cc(=O)n4cccc(C)c4n3)n2)cc1. The van der Waals surface area contributed by atoms with E-state index in [-0.39, 0.29) is 18.7 Å². The summed E-state index contributed by atoms with van der Waals surface area (Å²) >= 11 is 0. The minimum absolute atomic E-state index is 0.113. The third kappa shape index (κ3) is 4.03. The molecule has 0 spiro atoms. The molecule has 146 valence electrons. The molecule has 0 aliphatic heterocycles. The van der Waals surface area contributed by atoms with E-state index in [1.54, 1.807) is 12.3 Å². The van der Waals surface area contributed by atoms with Gasteiger partial charge in [-0.05, 0) is 30.7 Å². The molecule has 0 fully saturated rings. The lowest BCUT2D eigenvalue weighted by molar-refractivity contribution is -0.146. The molecule has 0 atom stereocenters. The zero-order valence-corrected chi connectivity index (χ0v) is 15.9. The second-order valence-electron chi connectivity index (χ2n) is 6.64. The van der Waals surface area contributed by atoms with Crippen molar-refractivity contribution in [1.82, 2.24) is 29.6 Å². The Morgan fingerprint density at radius 3 is 2.72 bits per heavy atom. The van der Waals surface area contributed by atoms with Crippen molar-refractivity contribution in [3.05, 3.63) is 75.8 Å². The van der Waals surface area contributed by atoms with Crippen LogP contribution in [-0.4, -0.2) is 35.6 Å². The number of hydrogen-bond acceptors (Lipinski definition) is 7. The third-order valence-corrected chi connectivity index (χ3v) is 4.35. The third-order valence-electron chi connectivity index (χ3n) is 4.35. The van der Waals surface area contributed by atoms with E-state index in [1.165, 1.54) is 15.3 Å². The lowest BCUT2D eigenvalue weighted by atomic mass is 10.1. The highest BCUT2D eigenvalue weighted by atomic mass is 16.5. The largest absolute Gasteiger partial charge is 0.458 e. The summed E-state index contributed by atoms with van der Waals surface area (Å²) in [5.41, 5.74) is 3.48. The quantitative estimate of drug-likeness (QED) is 0.478. The van der Waals surface area contributed by atoms with E-state index in [2.05, 4.69) is 20.4 Å². The fraction of sp³-hybridized carbons (Fsp3) is 0.200. The summed E-state index contributed by atoms with van der Waals surface area (Å²) in [6, 6.07) is 12.7. The molecule has 0 aliphatic carbocycles. The number of rotatable bonds is 5. The first kappa shape index (κ1) is 18.5. The number of ether oxygens (including phenoxy) is 1. The number of esters is 1. The summed E-state index contributed by atoms with van der Waals surface area (Å²) < 4.78 is 6.68. The van der Waals surface area contributed by atoms with Crippen molar-refractivity contribution in [3.8, 4) is 11.4 Å². The molecule has 0 saturated heterocycles. The number of fused-ring (bicyclic) bond motifs is 1. The number of benzene rings is 1. The lowest BCUT2D eigenvalue weighted by Gasteiger charge is -2.07. The number of aryl methyl sites for hydroxylation is 2. The van der Waals surface area contributed by atoms with Gasteiger partial charge in [0, 0.05) is 17.8 Å². The topological polar surface area (TPSA) is 104 Å². The molecule has 0 amide bonds. The summed E-state index contributed by atoms with van der Waals surface area (Å²) in [5, 5.41) is 12.0. The maximum Gasteiger partial charge on any atom is 0.330 e. The summed E-state index contributed by atoms with van der Waals surface area (Å²) in [7, 11) is 0. The van der Waals surface area contributed by atoms with Crippen LogP contribution in [0.3, 0.4) is 0 Å². The van der Waals surface area contributed by atoms with Gasteiger partial charge in [-0.15, -0.1) is 10.2 Å². The Balaban J connectivity index is 1.42. The van der Waals surface area contributed by atoms with Gasteiger partial charge < -0.3 is 4.74 Å². The molecule has 0 radical (unpaired) electrons. The molecule has 3 heterocycles. The fourth-order valence-electron chi connectivity index (χ4n) is 2.83. The molecule has 3 aromatic heterocycles. The molecule has 0 saturated carbocycles. The molecule has 0 aliphatic rings. The van der Waals surface area contributed by atoms with E-state index in [1.807, 2.05) is 44.2 Å². The van der Waals surface area contributed by atoms with Crippen LogP contribution >= 0.6 is 0 Å².